The number of rotatable bonds is 6. The van der Waals surface area contributed by atoms with E-state index in [1.54, 1.807) is 0 Å². The molecule has 0 heterocycles. The fourth-order valence-corrected chi connectivity index (χ4v) is 2.51. The highest BCUT2D eigenvalue weighted by atomic mass is 79.9. The topological polar surface area (TPSA) is 12.0 Å². The minimum atomic E-state index is -0.412. The average Bonchev–Trinajstić information content (AvgIpc) is 2.48. The van der Waals surface area contributed by atoms with Crippen LogP contribution in [0.15, 0.2) is 46.9 Å². The van der Waals surface area contributed by atoms with Gasteiger partial charge in [-0.1, -0.05) is 35.0 Å². The van der Waals surface area contributed by atoms with Crippen molar-refractivity contribution in [2.75, 3.05) is 6.54 Å². The molecule has 21 heavy (non-hydrogen) atoms. The van der Waals surface area contributed by atoms with Crippen LogP contribution >= 0.6 is 15.9 Å². The fraction of sp³-hybridized carbons (Fsp3) is 0.294. The van der Waals surface area contributed by atoms with Gasteiger partial charge in [-0.3, -0.25) is 0 Å². The van der Waals surface area contributed by atoms with Crippen LogP contribution in [0.2, 0.25) is 0 Å². The summed E-state index contributed by atoms with van der Waals surface area (Å²) >= 11 is 3.39. The molecule has 112 valence electrons. The summed E-state index contributed by atoms with van der Waals surface area (Å²) in [7, 11) is 0. The lowest BCUT2D eigenvalue weighted by molar-refractivity contribution is 0.490. The van der Waals surface area contributed by atoms with Gasteiger partial charge in [-0.15, -0.1) is 0 Å². The predicted octanol–water partition coefficient (Wildman–Crippen LogP) is 5.01. The van der Waals surface area contributed by atoms with Gasteiger partial charge in [0, 0.05) is 16.1 Å². The van der Waals surface area contributed by atoms with E-state index in [0.717, 1.165) is 29.1 Å². The molecule has 0 amide bonds. The van der Waals surface area contributed by atoms with Crippen LogP contribution in [0.3, 0.4) is 0 Å². The molecule has 1 unspecified atom stereocenters. The molecule has 0 radical (unpaired) electrons. The van der Waals surface area contributed by atoms with Crippen molar-refractivity contribution in [1.82, 2.24) is 5.32 Å². The third-order valence-electron chi connectivity index (χ3n) is 3.33. The molecule has 1 nitrogen and oxygen atoms in total. The third kappa shape index (κ3) is 4.61. The molecule has 0 aliphatic heterocycles. The lowest BCUT2D eigenvalue weighted by Gasteiger charge is -2.20. The lowest BCUT2D eigenvalue weighted by Crippen LogP contribution is -2.25. The molecular weight excluding hydrogens is 336 g/mol. The molecule has 0 aliphatic carbocycles. The number of halogens is 3. The van der Waals surface area contributed by atoms with Crippen LogP contribution in [-0.2, 0) is 6.42 Å². The van der Waals surface area contributed by atoms with Gasteiger partial charge in [0.15, 0.2) is 0 Å². The predicted molar refractivity (Wildman–Crippen MR) is 85.2 cm³/mol. The zero-order valence-electron chi connectivity index (χ0n) is 11.9. The Morgan fingerprint density at radius 3 is 2.48 bits per heavy atom. The van der Waals surface area contributed by atoms with Crippen molar-refractivity contribution in [2.24, 2.45) is 0 Å². The van der Waals surface area contributed by atoms with Crippen molar-refractivity contribution in [3.05, 3.63) is 69.7 Å². The van der Waals surface area contributed by atoms with E-state index in [2.05, 4.69) is 21.2 Å². The van der Waals surface area contributed by atoms with Crippen molar-refractivity contribution in [2.45, 2.75) is 25.8 Å². The summed E-state index contributed by atoms with van der Waals surface area (Å²) in [5.74, 6) is -0.785. The van der Waals surface area contributed by atoms with E-state index in [1.165, 1.54) is 12.1 Å². The van der Waals surface area contributed by atoms with E-state index in [4.69, 9.17) is 0 Å². The summed E-state index contributed by atoms with van der Waals surface area (Å²) in [6.07, 6.45) is 1.56. The second-order valence-electron chi connectivity index (χ2n) is 5.00. The highest BCUT2D eigenvalue weighted by Crippen LogP contribution is 2.23. The molecule has 2 rings (SSSR count). The smallest absolute Gasteiger partial charge is 0.128 e. The SMILES string of the molecule is CCCNC(Cc1ccc(Br)cc1)c1cc(F)ccc1F. The molecule has 0 saturated carbocycles. The fourth-order valence-electron chi connectivity index (χ4n) is 2.25. The van der Waals surface area contributed by atoms with Gasteiger partial charge in [-0.05, 0) is 55.3 Å². The van der Waals surface area contributed by atoms with Crippen LogP contribution < -0.4 is 5.32 Å². The first kappa shape index (κ1) is 16.1. The zero-order chi connectivity index (χ0) is 15.2. The summed E-state index contributed by atoms with van der Waals surface area (Å²) in [5, 5.41) is 3.30. The van der Waals surface area contributed by atoms with E-state index in [0.29, 0.717) is 12.0 Å². The summed E-state index contributed by atoms with van der Waals surface area (Å²) < 4.78 is 28.4. The normalized spacial score (nSPS) is 12.4. The Morgan fingerprint density at radius 1 is 1.10 bits per heavy atom. The molecule has 0 bridgehead atoms. The van der Waals surface area contributed by atoms with Gasteiger partial charge in [0.2, 0.25) is 0 Å². The maximum atomic E-state index is 14.0. The van der Waals surface area contributed by atoms with E-state index in [9.17, 15) is 8.78 Å². The Bertz CT molecular complexity index is 584. The summed E-state index contributed by atoms with van der Waals surface area (Å²) in [4.78, 5) is 0. The maximum Gasteiger partial charge on any atom is 0.128 e. The number of hydrogen-bond acceptors (Lipinski definition) is 1. The van der Waals surface area contributed by atoms with Gasteiger partial charge in [0.25, 0.3) is 0 Å². The molecule has 1 N–H and O–H groups in total. The van der Waals surface area contributed by atoms with Gasteiger partial charge in [0.05, 0.1) is 0 Å². The van der Waals surface area contributed by atoms with Crippen LogP contribution in [0.5, 0.6) is 0 Å². The molecule has 0 aliphatic rings. The number of benzene rings is 2. The van der Waals surface area contributed by atoms with Crippen LogP contribution in [-0.4, -0.2) is 6.54 Å². The summed E-state index contributed by atoms with van der Waals surface area (Å²) in [6, 6.07) is 11.3. The molecule has 4 heteroatoms. The second-order valence-corrected chi connectivity index (χ2v) is 5.92. The first-order chi connectivity index (χ1) is 10.1. The first-order valence-electron chi connectivity index (χ1n) is 7.03. The number of nitrogens with one attached hydrogen (secondary N) is 1. The minimum absolute atomic E-state index is 0.234. The molecular formula is C17H18BrF2N. The second kappa shape index (κ2) is 7.66. The van der Waals surface area contributed by atoms with Crippen LogP contribution in [0, 0.1) is 11.6 Å². The van der Waals surface area contributed by atoms with E-state index in [1.807, 2.05) is 31.2 Å². The molecule has 1 atom stereocenters. The quantitative estimate of drug-likeness (QED) is 0.769. The minimum Gasteiger partial charge on any atom is -0.310 e. The highest BCUT2D eigenvalue weighted by Gasteiger charge is 2.16. The van der Waals surface area contributed by atoms with Crippen molar-refractivity contribution < 1.29 is 8.78 Å². The molecule has 0 saturated heterocycles. The van der Waals surface area contributed by atoms with Crippen molar-refractivity contribution in [1.29, 1.82) is 0 Å². The summed E-state index contributed by atoms with van der Waals surface area (Å²) in [5.41, 5.74) is 1.46. The largest absolute Gasteiger partial charge is 0.310 e. The van der Waals surface area contributed by atoms with Crippen molar-refractivity contribution in [3.63, 3.8) is 0 Å². The van der Waals surface area contributed by atoms with Crippen molar-refractivity contribution >= 4 is 15.9 Å². The zero-order valence-corrected chi connectivity index (χ0v) is 13.5. The van der Waals surface area contributed by atoms with Gasteiger partial charge < -0.3 is 5.32 Å². The van der Waals surface area contributed by atoms with E-state index in [-0.39, 0.29) is 11.9 Å². The van der Waals surface area contributed by atoms with Gasteiger partial charge >= 0.3 is 0 Å². The van der Waals surface area contributed by atoms with E-state index < -0.39 is 5.82 Å². The Kier molecular flexibility index (Phi) is 5.88. The van der Waals surface area contributed by atoms with Crippen LogP contribution in [0.25, 0.3) is 0 Å². The Balaban J connectivity index is 2.25. The molecule has 0 fully saturated rings. The molecule has 2 aromatic rings. The summed E-state index contributed by atoms with van der Waals surface area (Å²) in [6.45, 7) is 2.81. The Hall–Kier alpha value is -1.26. The van der Waals surface area contributed by atoms with Crippen molar-refractivity contribution in [3.8, 4) is 0 Å². The highest BCUT2D eigenvalue weighted by molar-refractivity contribution is 9.10. The Labute approximate surface area is 132 Å². The van der Waals surface area contributed by atoms with Gasteiger partial charge in [0.1, 0.15) is 11.6 Å². The standard InChI is InChI=1S/C17H18BrF2N/c1-2-9-21-17(10-12-3-5-13(18)6-4-12)15-11-14(19)7-8-16(15)20/h3-8,11,17,21H,2,9-10H2,1H3. The molecule has 0 aromatic heterocycles. The van der Waals surface area contributed by atoms with Crippen LogP contribution in [0.4, 0.5) is 8.78 Å². The maximum absolute atomic E-state index is 14.0. The lowest BCUT2D eigenvalue weighted by atomic mass is 9.98. The Morgan fingerprint density at radius 2 is 1.81 bits per heavy atom. The third-order valence-corrected chi connectivity index (χ3v) is 3.86. The molecule has 0 spiro atoms. The first-order valence-corrected chi connectivity index (χ1v) is 7.82. The molecule has 2 aromatic carbocycles. The van der Waals surface area contributed by atoms with E-state index >= 15 is 0 Å². The average molecular weight is 354 g/mol. The van der Waals surface area contributed by atoms with Gasteiger partial charge in [-0.25, -0.2) is 8.78 Å². The number of hydrogen-bond donors (Lipinski definition) is 1. The monoisotopic (exact) mass is 353 g/mol. The van der Waals surface area contributed by atoms with Gasteiger partial charge in [-0.2, -0.15) is 0 Å². The van der Waals surface area contributed by atoms with Crippen LogP contribution in [0.1, 0.15) is 30.5 Å².